The molecule has 1 heterocycles. The summed E-state index contributed by atoms with van der Waals surface area (Å²) in [5.41, 5.74) is -0.617. The van der Waals surface area contributed by atoms with Gasteiger partial charge in [0, 0.05) is 6.54 Å². The van der Waals surface area contributed by atoms with Crippen molar-refractivity contribution >= 4 is 6.09 Å². The Morgan fingerprint density at radius 1 is 1.53 bits per heavy atom. The molecule has 1 rings (SSSR count). The second-order valence-electron chi connectivity index (χ2n) is 5.19. The van der Waals surface area contributed by atoms with Crippen LogP contribution in [-0.4, -0.2) is 24.8 Å². The first-order valence-electron chi connectivity index (χ1n) is 5.22. The Bertz CT molecular complexity index is 301. The zero-order chi connectivity index (χ0) is 11.5. The van der Waals surface area contributed by atoms with Crippen LogP contribution < -0.4 is 5.32 Å². The van der Waals surface area contributed by atoms with E-state index < -0.39 is 11.7 Å². The molecule has 1 fully saturated rings. The summed E-state index contributed by atoms with van der Waals surface area (Å²) in [6.45, 7) is 9.26. The second-order valence-corrected chi connectivity index (χ2v) is 5.19. The Morgan fingerprint density at radius 2 is 2.20 bits per heavy atom. The number of hydrogen-bond acceptors (Lipinski definition) is 3. The molecule has 1 N–H and O–H groups in total. The molecule has 1 aliphatic rings. The first-order valence-corrected chi connectivity index (χ1v) is 5.22. The van der Waals surface area contributed by atoms with E-state index in [-0.39, 0.29) is 5.41 Å². The van der Waals surface area contributed by atoms with Gasteiger partial charge in [-0.1, -0.05) is 0 Å². The molecule has 0 saturated carbocycles. The molecule has 4 nitrogen and oxygen atoms in total. The summed E-state index contributed by atoms with van der Waals surface area (Å²) in [5, 5.41) is 3.21. The molecular weight excluding hydrogens is 192 g/mol. The van der Waals surface area contributed by atoms with Gasteiger partial charge in [-0.05, 0) is 40.7 Å². The number of nitrogens with zero attached hydrogens (tertiary/aromatic N) is 1. The van der Waals surface area contributed by atoms with Crippen molar-refractivity contribution in [1.82, 2.24) is 5.32 Å². The second kappa shape index (κ2) is 4.19. The van der Waals surface area contributed by atoms with Crippen LogP contribution in [0.3, 0.4) is 0 Å². The van der Waals surface area contributed by atoms with Crippen LogP contribution >= 0.6 is 0 Å². The van der Waals surface area contributed by atoms with Gasteiger partial charge in [-0.3, -0.25) is 0 Å². The van der Waals surface area contributed by atoms with Crippen molar-refractivity contribution in [1.29, 1.82) is 0 Å². The van der Waals surface area contributed by atoms with Crippen LogP contribution in [0.4, 0.5) is 4.79 Å². The lowest BCUT2D eigenvalue weighted by Crippen LogP contribution is -2.22. The number of carbonyl (C=O) groups is 1. The topological polar surface area (TPSA) is 42.7 Å². The van der Waals surface area contributed by atoms with Gasteiger partial charge in [0.2, 0.25) is 0 Å². The first kappa shape index (κ1) is 12.0. The molecule has 4 heteroatoms. The molecule has 0 aromatic carbocycles. The van der Waals surface area contributed by atoms with Gasteiger partial charge in [0.25, 0.3) is 6.07 Å². The van der Waals surface area contributed by atoms with Crippen molar-refractivity contribution in [2.24, 2.45) is 5.41 Å². The van der Waals surface area contributed by atoms with Gasteiger partial charge in [-0.25, -0.2) is 0 Å². The fourth-order valence-corrected chi connectivity index (χ4v) is 1.38. The van der Waals surface area contributed by atoms with E-state index in [0.29, 0.717) is 0 Å². The maximum atomic E-state index is 11.3. The van der Waals surface area contributed by atoms with Crippen LogP contribution in [0.5, 0.6) is 0 Å². The molecule has 0 bridgehead atoms. The normalized spacial score (nSPS) is 25.6. The number of rotatable bonds is 0. The molecule has 1 aliphatic heterocycles. The maximum Gasteiger partial charge on any atom is 0.728 e. The molecule has 84 valence electrons. The standard InChI is InChI=1S/C11H19N2O2/c1-10(2,3)15-9(14)13-8-11(4)5-6-12-7-11/h12H,5-7H2,1-4H3/q+1. The third kappa shape index (κ3) is 4.30. The van der Waals surface area contributed by atoms with E-state index in [1.807, 2.05) is 27.7 Å². The van der Waals surface area contributed by atoms with Gasteiger partial charge in [0.1, 0.15) is 11.0 Å². The van der Waals surface area contributed by atoms with E-state index in [1.165, 1.54) is 0 Å². The average Bonchev–Trinajstić information content (AvgIpc) is 2.47. The SMILES string of the molecule is CC1(C#[N+]C(=O)OC(C)(C)C)CCNC1. The quantitative estimate of drug-likeness (QED) is 0.668. The fraction of sp³-hybridized carbons (Fsp3) is 0.818. The number of amides is 1. The van der Waals surface area contributed by atoms with E-state index in [4.69, 9.17) is 4.74 Å². The molecule has 1 amide bonds. The maximum absolute atomic E-state index is 11.3. The van der Waals surface area contributed by atoms with Crippen LogP contribution in [-0.2, 0) is 4.74 Å². The monoisotopic (exact) mass is 211 g/mol. The van der Waals surface area contributed by atoms with E-state index in [2.05, 4.69) is 16.2 Å². The van der Waals surface area contributed by atoms with Crippen molar-refractivity contribution in [3.63, 3.8) is 0 Å². The Labute approximate surface area is 90.8 Å². The van der Waals surface area contributed by atoms with Gasteiger partial charge >= 0.3 is 6.09 Å². The van der Waals surface area contributed by atoms with Crippen molar-refractivity contribution in [3.8, 4) is 6.07 Å². The summed E-state index contributed by atoms with van der Waals surface area (Å²) in [7, 11) is 0. The lowest BCUT2D eigenvalue weighted by Gasteiger charge is -2.12. The third-order valence-electron chi connectivity index (χ3n) is 2.18. The minimum absolute atomic E-state index is 0.128. The van der Waals surface area contributed by atoms with Crippen molar-refractivity contribution in [3.05, 3.63) is 4.85 Å². The van der Waals surface area contributed by atoms with Crippen LogP contribution in [0.2, 0.25) is 0 Å². The number of carbonyl (C=O) groups excluding carboxylic acids is 1. The number of nitrogens with one attached hydrogen (secondary N) is 1. The summed E-state index contributed by atoms with van der Waals surface area (Å²) in [5.74, 6) is 0. The molecule has 0 aromatic heterocycles. The predicted octanol–water partition coefficient (Wildman–Crippen LogP) is 2.25. The Kier molecular flexibility index (Phi) is 3.35. The minimum atomic E-state index is -0.560. The van der Waals surface area contributed by atoms with Crippen LogP contribution in [0.15, 0.2) is 0 Å². The third-order valence-corrected chi connectivity index (χ3v) is 2.18. The van der Waals surface area contributed by atoms with E-state index in [0.717, 1.165) is 19.5 Å². The summed E-state index contributed by atoms with van der Waals surface area (Å²) < 4.78 is 5.05. The minimum Gasteiger partial charge on any atom is -0.392 e. The zero-order valence-electron chi connectivity index (χ0n) is 9.89. The van der Waals surface area contributed by atoms with Crippen molar-refractivity contribution in [2.75, 3.05) is 13.1 Å². The van der Waals surface area contributed by atoms with E-state index >= 15 is 0 Å². The smallest absolute Gasteiger partial charge is 0.392 e. The molecule has 0 spiro atoms. The van der Waals surface area contributed by atoms with E-state index in [9.17, 15) is 4.79 Å². The average molecular weight is 211 g/mol. The van der Waals surface area contributed by atoms with Crippen LogP contribution in [0.25, 0.3) is 4.85 Å². The molecule has 0 aromatic rings. The van der Waals surface area contributed by atoms with Crippen LogP contribution in [0, 0.1) is 11.5 Å². The summed E-state index contributed by atoms with van der Waals surface area (Å²) in [6, 6.07) is 2.87. The highest BCUT2D eigenvalue weighted by molar-refractivity contribution is 5.79. The van der Waals surface area contributed by atoms with Gasteiger partial charge in [0.05, 0.1) is 4.85 Å². The number of hydrogen-bond donors (Lipinski definition) is 1. The summed E-state index contributed by atoms with van der Waals surface area (Å²) >= 11 is 0. The molecule has 1 unspecified atom stereocenters. The highest BCUT2D eigenvalue weighted by Crippen LogP contribution is 2.23. The lowest BCUT2D eigenvalue weighted by atomic mass is 9.92. The molecular formula is C11H19N2O2+. The first-order chi connectivity index (χ1) is 6.81. The van der Waals surface area contributed by atoms with Gasteiger partial charge in [-0.2, -0.15) is 4.79 Å². The Balaban J connectivity index is 2.54. The van der Waals surface area contributed by atoms with Gasteiger partial charge < -0.3 is 10.1 Å². The van der Waals surface area contributed by atoms with Crippen molar-refractivity contribution < 1.29 is 9.53 Å². The van der Waals surface area contributed by atoms with Gasteiger partial charge in [-0.15, -0.1) is 0 Å². The molecule has 0 aliphatic carbocycles. The van der Waals surface area contributed by atoms with E-state index in [1.54, 1.807) is 0 Å². The highest BCUT2D eigenvalue weighted by atomic mass is 16.6. The fourth-order valence-electron chi connectivity index (χ4n) is 1.38. The summed E-state index contributed by atoms with van der Waals surface area (Å²) in [6.07, 6.45) is 0.398. The van der Waals surface area contributed by atoms with Gasteiger partial charge in [0.15, 0.2) is 0 Å². The Hall–Kier alpha value is -1.08. The summed E-state index contributed by atoms with van der Waals surface area (Å²) in [4.78, 5) is 15.0. The highest BCUT2D eigenvalue weighted by Gasteiger charge is 2.34. The zero-order valence-corrected chi connectivity index (χ0v) is 9.89. The molecule has 1 saturated heterocycles. The molecule has 0 radical (unpaired) electrons. The van der Waals surface area contributed by atoms with Crippen molar-refractivity contribution in [2.45, 2.75) is 39.7 Å². The largest absolute Gasteiger partial charge is 0.728 e. The lowest BCUT2D eigenvalue weighted by molar-refractivity contribution is 0.0664. The van der Waals surface area contributed by atoms with Crippen LogP contribution in [0.1, 0.15) is 34.1 Å². The molecule has 15 heavy (non-hydrogen) atoms. The Morgan fingerprint density at radius 3 is 2.67 bits per heavy atom. The number of ether oxygens (including phenoxy) is 1. The predicted molar refractivity (Wildman–Crippen MR) is 59.1 cm³/mol. The molecule has 1 atom stereocenters.